The van der Waals surface area contributed by atoms with E-state index in [1.807, 2.05) is 0 Å². The molecule has 0 atom stereocenters. The Morgan fingerprint density at radius 2 is 0.947 bits per heavy atom. The number of hydrogen-bond donors (Lipinski definition) is 4. The Morgan fingerprint density at radius 3 is 1.29 bits per heavy atom. The lowest BCUT2D eigenvalue weighted by atomic mass is 9.74. The van der Waals surface area contributed by atoms with Gasteiger partial charge < -0.3 is 20.4 Å². The second kappa shape index (κ2) is 21.1. The van der Waals surface area contributed by atoms with Crippen LogP contribution in [0.1, 0.15) is 144 Å². The number of carboxylic acids is 4. The predicted octanol–water partition coefficient (Wildman–Crippen LogP) is 7.90. The van der Waals surface area contributed by atoms with E-state index in [2.05, 4.69) is 13.8 Å². The van der Waals surface area contributed by atoms with Crippen LogP contribution in [0.3, 0.4) is 0 Å². The van der Waals surface area contributed by atoms with Crippen molar-refractivity contribution in [1.82, 2.24) is 0 Å². The Morgan fingerprint density at radius 1 is 0.579 bits per heavy atom. The molecule has 8 heteroatoms. The van der Waals surface area contributed by atoms with Crippen molar-refractivity contribution in [3.8, 4) is 0 Å². The van der Waals surface area contributed by atoms with Gasteiger partial charge in [0.2, 0.25) is 0 Å². The molecule has 0 unspecified atom stereocenters. The third kappa shape index (κ3) is 15.4. The molecule has 216 valence electrons. The summed E-state index contributed by atoms with van der Waals surface area (Å²) in [6, 6.07) is 5.48. The van der Waals surface area contributed by atoms with Crippen molar-refractivity contribution >= 4 is 23.9 Å². The standard InChI is InChI=1S/C22H42O4.C8H6O4/c1-3-5-7-9-11-13-17-22(21(25)26,19-15-16-20(23)24)18-14-12-10-8-6-4-2;9-7(10)5-3-1-2-4-6(5)8(11)12/h3-19H2,1-2H3,(H,23,24)(H,25,26);1-4H,(H,9,10)(H,11,12). The van der Waals surface area contributed by atoms with Gasteiger partial charge in [-0.05, 0) is 37.8 Å². The topological polar surface area (TPSA) is 149 Å². The van der Waals surface area contributed by atoms with Crippen molar-refractivity contribution in [2.75, 3.05) is 0 Å². The zero-order valence-corrected chi connectivity index (χ0v) is 23.3. The number of unbranched alkanes of at least 4 members (excludes halogenated alkanes) is 10. The Kier molecular flexibility index (Phi) is 19.5. The summed E-state index contributed by atoms with van der Waals surface area (Å²) in [5.41, 5.74) is -1.10. The minimum atomic E-state index is -1.23. The summed E-state index contributed by atoms with van der Waals surface area (Å²) in [6.07, 6.45) is 16.2. The molecule has 0 saturated heterocycles. The highest BCUT2D eigenvalue weighted by molar-refractivity contribution is 6.01. The van der Waals surface area contributed by atoms with E-state index in [-0.39, 0.29) is 17.5 Å². The quantitative estimate of drug-likeness (QED) is 0.116. The van der Waals surface area contributed by atoms with E-state index in [9.17, 15) is 24.3 Å². The van der Waals surface area contributed by atoms with Crippen LogP contribution in [0.5, 0.6) is 0 Å². The molecule has 0 spiro atoms. The molecule has 1 rings (SSSR count). The Bertz CT molecular complexity index is 784. The van der Waals surface area contributed by atoms with E-state index >= 15 is 0 Å². The average molecular weight is 537 g/mol. The van der Waals surface area contributed by atoms with Crippen molar-refractivity contribution in [2.24, 2.45) is 5.41 Å². The minimum absolute atomic E-state index is 0.0715. The molecule has 0 radical (unpaired) electrons. The SMILES string of the molecule is CCCCCCCCC(CCCCCCCC)(CCCC(=O)O)C(=O)O.O=C(O)c1ccccc1C(=O)O. The molecule has 0 amide bonds. The first-order chi connectivity index (χ1) is 18.1. The molecular weight excluding hydrogens is 488 g/mol. The first-order valence-corrected chi connectivity index (χ1v) is 14.1. The molecule has 1 aromatic rings. The van der Waals surface area contributed by atoms with Crippen LogP contribution in [-0.4, -0.2) is 44.3 Å². The van der Waals surface area contributed by atoms with Crippen molar-refractivity contribution in [3.63, 3.8) is 0 Å². The molecule has 0 aliphatic heterocycles. The maximum atomic E-state index is 12.1. The smallest absolute Gasteiger partial charge is 0.336 e. The average Bonchev–Trinajstić information content (AvgIpc) is 2.87. The number of hydrogen-bond acceptors (Lipinski definition) is 4. The lowest BCUT2D eigenvalue weighted by Gasteiger charge is -2.30. The normalized spacial score (nSPS) is 10.9. The Hall–Kier alpha value is -2.90. The summed E-state index contributed by atoms with van der Waals surface area (Å²) in [6.45, 7) is 4.39. The van der Waals surface area contributed by atoms with Gasteiger partial charge in [0.25, 0.3) is 0 Å². The summed E-state index contributed by atoms with van der Waals surface area (Å²) in [7, 11) is 0. The lowest BCUT2D eigenvalue weighted by molar-refractivity contribution is -0.151. The van der Waals surface area contributed by atoms with E-state index < -0.39 is 29.3 Å². The second-order valence-electron chi connectivity index (χ2n) is 10.0. The Balaban J connectivity index is 0.000000942. The zero-order chi connectivity index (χ0) is 28.8. The molecule has 8 nitrogen and oxygen atoms in total. The number of carboxylic acid groups (broad SMARTS) is 4. The van der Waals surface area contributed by atoms with Crippen LogP contribution < -0.4 is 0 Å². The molecule has 4 N–H and O–H groups in total. The first-order valence-electron chi connectivity index (χ1n) is 14.1. The Labute approximate surface area is 227 Å². The van der Waals surface area contributed by atoms with Crippen LogP contribution in [0.4, 0.5) is 0 Å². The summed E-state index contributed by atoms with van der Waals surface area (Å²) < 4.78 is 0. The van der Waals surface area contributed by atoms with Gasteiger partial charge in [0.1, 0.15) is 0 Å². The van der Waals surface area contributed by atoms with Crippen molar-refractivity contribution in [3.05, 3.63) is 35.4 Å². The number of benzene rings is 1. The molecule has 0 fully saturated rings. The molecule has 0 bridgehead atoms. The highest BCUT2D eigenvalue weighted by atomic mass is 16.4. The summed E-state index contributed by atoms with van der Waals surface area (Å²) in [4.78, 5) is 43.8. The highest BCUT2D eigenvalue weighted by Crippen LogP contribution is 2.37. The second-order valence-corrected chi connectivity index (χ2v) is 10.0. The van der Waals surface area contributed by atoms with Crippen LogP contribution in [0.2, 0.25) is 0 Å². The van der Waals surface area contributed by atoms with Gasteiger partial charge >= 0.3 is 23.9 Å². The summed E-state index contributed by atoms with van der Waals surface area (Å²) >= 11 is 0. The van der Waals surface area contributed by atoms with Crippen LogP contribution in [0.25, 0.3) is 0 Å². The van der Waals surface area contributed by atoms with E-state index in [1.54, 1.807) is 0 Å². The van der Waals surface area contributed by atoms with Crippen LogP contribution >= 0.6 is 0 Å². The number of carbonyl (C=O) groups is 4. The summed E-state index contributed by atoms with van der Waals surface area (Å²) in [5.74, 6) is -4.01. The third-order valence-corrected chi connectivity index (χ3v) is 6.91. The molecule has 0 aliphatic carbocycles. The predicted molar refractivity (Wildman–Crippen MR) is 148 cm³/mol. The van der Waals surface area contributed by atoms with Gasteiger partial charge in [-0.15, -0.1) is 0 Å². The van der Waals surface area contributed by atoms with E-state index in [0.29, 0.717) is 25.7 Å². The van der Waals surface area contributed by atoms with Crippen LogP contribution in [0.15, 0.2) is 24.3 Å². The lowest BCUT2D eigenvalue weighted by Crippen LogP contribution is -2.31. The van der Waals surface area contributed by atoms with Crippen LogP contribution in [0, 0.1) is 5.41 Å². The van der Waals surface area contributed by atoms with Gasteiger partial charge in [-0.3, -0.25) is 9.59 Å². The molecular formula is C30H48O8. The number of rotatable bonds is 21. The van der Waals surface area contributed by atoms with E-state index in [0.717, 1.165) is 25.7 Å². The fourth-order valence-corrected chi connectivity index (χ4v) is 4.62. The highest BCUT2D eigenvalue weighted by Gasteiger charge is 2.36. The van der Waals surface area contributed by atoms with Gasteiger partial charge in [0.05, 0.1) is 16.5 Å². The molecule has 0 saturated carbocycles. The molecule has 1 aromatic carbocycles. The van der Waals surface area contributed by atoms with E-state index in [4.69, 9.17) is 15.3 Å². The van der Waals surface area contributed by atoms with Gasteiger partial charge in [-0.2, -0.15) is 0 Å². The zero-order valence-electron chi connectivity index (χ0n) is 23.3. The van der Waals surface area contributed by atoms with Crippen molar-refractivity contribution in [1.29, 1.82) is 0 Å². The summed E-state index contributed by atoms with van der Waals surface area (Å²) in [5, 5.41) is 35.9. The molecule has 0 aromatic heterocycles. The van der Waals surface area contributed by atoms with Gasteiger partial charge in [-0.25, -0.2) is 9.59 Å². The minimum Gasteiger partial charge on any atom is -0.481 e. The largest absolute Gasteiger partial charge is 0.481 e. The van der Waals surface area contributed by atoms with Crippen LogP contribution in [-0.2, 0) is 9.59 Å². The van der Waals surface area contributed by atoms with Gasteiger partial charge in [0.15, 0.2) is 0 Å². The fourth-order valence-electron chi connectivity index (χ4n) is 4.62. The first kappa shape index (κ1) is 35.1. The van der Waals surface area contributed by atoms with Crippen molar-refractivity contribution in [2.45, 2.75) is 123 Å². The van der Waals surface area contributed by atoms with Gasteiger partial charge in [0, 0.05) is 6.42 Å². The maximum Gasteiger partial charge on any atom is 0.336 e. The monoisotopic (exact) mass is 536 g/mol. The van der Waals surface area contributed by atoms with E-state index in [1.165, 1.54) is 75.6 Å². The maximum absolute atomic E-state index is 12.1. The fraction of sp³-hybridized carbons (Fsp3) is 0.667. The molecule has 38 heavy (non-hydrogen) atoms. The number of aromatic carboxylic acids is 2. The van der Waals surface area contributed by atoms with Crippen molar-refractivity contribution < 1.29 is 39.6 Å². The molecule has 0 heterocycles. The third-order valence-electron chi connectivity index (χ3n) is 6.91. The molecule has 0 aliphatic rings. The number of aliphatic carboxylic acids is 2. The van der Waals surface area contributed by atoms with Gasteiger partial charge in [-0.1, -0.05) is 103 Å².